The second kappa shape index (κ2) is 14.1. The largest absolute Gasteiger partial charge is 0.385 e. The first kappa shape index (κ1) is 30.7. The van der Waals surface area contributed by atoms with Crippen LogP contribution in [0.4, 0.5) is 0 Å². The minimum Gasteiger partial charge on any atom is -0.385 e. The quantitative estimate of drug-likeness (QED) is 0.356. The number of nitrogens with zero attached hydrogens (tertiary/aromatic N) is 3. The Morgan fingerprint density at radius 1 is 1.12 bits per heavy atom. The first-order chi connectivity index (χ1) is 19.5. The lowest BCUT2D eigenvalue weighted by atomic mass is 9.80. The molecular formula is C31H40ClN5O4. The molecule has 2 aliphatic rings. The molecule has 1 aromatic heterocycles. The number of carbonyl (C=O) groups is 2. The van der Waals surface area contributed by atoms with Gasteiger partial charge in [0, 0.05) is 43.9 Å². The van der Waals surface area contributed by atoms with E-state index in [0.29, 0.717) is 56.2 Å². The summed E-state index contributed by atoms with van der Waals surface area (Å²) >= 11 is 0. The van der Waals surface area contributed by atoms with E-state index in [9.17, 15) is 14.7 Å². The van der Waals surface area contributed by atoms with Gasteiger partial charge in [0.2, 0.25) is 0 Å². The van der Waals surface area contributed by atoms with Gasteiger partial charge in [0.05, 0.1) is 30.7 Å². The van der Waals surface area contributed by atoms with E-state index < -0.39 is 5.60 Å². The predicted molar refractivity (Wildman–Crippen MR) is 160 cm³/mol. The van der Waals surface area contributed by atoms with Crippen LogP contribution < -0.4 is 10.6 Å². The third kappa shape index (κ3) is 6.81. The molecule has 2 fully saturated rings. The highest BCUT2D eigenvalue weighted by atomic mass is 35.5. The Morgan fingerprint density at radius 3 is 2.59 bits per heavy atom. The SMILES string of the molecule is CCOCC1(O)CCCCC1n1cnc(C(=O)N2CCNC[C@H]2CNC(=O)c2ccccc2)c1-c1ccccc1.Cl. The maximum absolute atomic E-state index is 14.2. The third-order valence-corrected chi connectivity index (χ3v) is 8.04. The monoisotopic (exact) mass is 581 g/mol. The van der Waals surface area contributed by atoms with Crippen LogP contribution in [0.1, 0.15) is 59.5 Å². The Labute approximate surface area is 247 Å². The van der Waals surface area contributed by atoms with Crippen LogP contribution in [0.15, 0.2) is 67.0 Å². The fourth-order valence-electron chi connectivity index (χ4n) is 5.93. The summed E-state index contributed by atoms with van der Waals surface area (Å²) < 4.78 is 7.71. The minimum atomic E-state index is -1.04. The van der Waals surface area contributed by atoms with E-state index in [1.807, 2.05) is 64.9 Å². The highest BCUT2D eigenvalue weighted by Crippen LogP contribution is 2.41. The number of ether oxygens (including phenoxy) is 1. The molecule has 220 valence electrons. The number of aromatic nitrogens is 2. The Balaban J connectivity index is 0.00000387. The normalized spacial score (nSPS) is 22.5. The van der Waals surface area contributed by atoms with Crippen LogP contribution in [0.2, 0.25) is 0 Å². The molecule has 2 aromatic carbocycles. The summed E-state index contributed by atoms with van der Waals surface area (Å²) in [4.78, 5) is 33.4. The van der Waals surface area contributed by atoms with Crippen molar-refractivity contribution < 1.29 is 19.4 Å². The van der Waals surface area contributed by atoms with Gasteiger partial charge < -0.3 is 29.9 Å². The summed E-state index contributed by atoms with van der Waals surface area (Å²) in [5, 5.41) is 18.1. The second-order valence-electron chi connectivity index (χ2n) is 10.6. The van der Waals surface area contributed by atoms with Gasteiger partial charge in [-0.1, -0.05) is 61.4 Å². The van der Waals surface area contributed by atoms with Crippen LogP contribution in [-0.2, 0) is 4.74 Å². The zero-order chi connectivity index (χ0) is 28.0. The summed E-state index contributed by atoms with van der Waals surface area (Å²) in [6.45, 7) is 4.75. The van der Waals surface area contributed by atoms with Gasteiger partial charge in [0.25, 0.3) is 11.8 Å². The summed E-state index contributed by atoms with van der Waals surface area (Å²) in [5.74, 6) is -0.346. The van der Waals surface area contributed by atoms with Crippen molar-refractivity contribution in [1.29, 1.82) is 0 Å². The molecule has 10 heteroatoms. The molecule has 2 amide bonds. The lowest BCUT2D eigenvalue weighted by molar-refractivity contribution is -0.0972. The van der Waals surface area contributed by atoms with Crippen molar-refractivity contribution in [3.05, 3.63) is 78.2 Å². The highest BCUT2D eigenvalue weighted by molar-refractivity contribution is 5.99. The predicted octanol–water partition coefficient (Wildman–Crippen LogP) is 3.70. The Morgan fingerprint density at radius 2 is 1.85 bits per heavy atom. The standard InChI is InChI=1S/C31H39N5O4.ClH/c1-2-40-21-31(39)16-10-9-15-26(31)36-22-34-27(28(36)23-11-5-3-6-12-23)30(38)35-18-17-32-19-25(35)20-33-29(37)24-13-7-4-8-14-24;/h3-8,11-14,22,25-26,32,39H,2,9-10,15-21H2,1H3,(H,33,37);1H/t25-,26?,31?;/m0./s1. The van der Waals surface area contributed by atoms with Gasteiger partial charge in [0.15, 0.2) is 5.69 Å². The molecule has 1 aliphatic heterocycles. The number of imidazole rings is 1. The molecule has 3 atom stereocenters. The number of hydrogen-bond acceptors (Lipinski definition) is 6. The topological polar surface area (TPSA) is 109 Å². The van der Waals surface area contributed by atoms with Crippen molar-refractivity contribution in [2.24, 2.45) is 0 Å². The average Bonchev–Trinajstić information content (AvgIpc) is 3.44. The van der Waals surface area contributed by atoms with E-state index in [2.05, 4.69) is 15.6 Å². The van der Waals surface area contributed by atoms with Gasteiger partial charge in [-0.25, -0.2) is 4.98 Å². The van der Waals surface area contributed by atoms with Crippen LogP contribution in [0, 0.1) is 0 Å². The lowest BCUT2D eigenvalue weighted by Crippen LogP contribution is -2.57. The van der Waals surface area contributed by atoms with Gasteiger partial charge in [-0.2, -0.15) is 0 Å². The van der Waals surface area contributed by atoms with Gasteiger partial charge in [-0.05, 0) is 31.9 Å². The second-order valence-corrected chi connectivity index (χ2v) is 10.6. The zero-order valence-electron chi connectivity index (χ0n) is 23.5. The molecule has 2 heterocycles. The number of benzene rings is 2. The first-order valence-electron chi connectivity index (χ1n) is 14.3. The van der Waals surface area contributed by atoms with Gasteiger partial charge in [-0.3, -0.25) is 9.59 Å². The summed E-state index contributed by atoms with van der Waals surface area (Å²) in [5.41, 5.74) is 1.48. The average molecular weight is 582 g/mol. The molecule has 2 unspecified atom stereocenters. The van der Waals surface area contributed by atoms with Crippen molar-refractivity contribution in [2.45, 2.75) is 50.3 Å². The maximum Gasteiger partial charge on any atom is 0.275 e. The molecule has 1 saturated heterocycles. The molecule has 1 aliphatic carbocycles. The Kier molecular flexibility index (Phi) is 10.6. The number of halogens is 1. The third-order valence-electron chi connectivity index (χ3n) is 8.04. The summed E-state index contributed by atoms with van der Waals surface area (Å²) in [7, 11) is 0. The van der Waals surface area contributed by atoms with Crippen molar-refractivity contribution >= 4 is 24.2 Å². The number of carbonyl (C=O) groups excluding carboxylic acids is 2. The molecule has 5 rings (SSSR count). The minimum absolute atomic E-state index is 0. The van der Waals surface area contributed by atoms with Crippen LogP contribution >= 0.6 is 12.4 Å². The van der Waals surface area contributed by atoms with Crippen LogP contribution in [0.3, 0.4) is 0 Å². The highest BCUT2D eigenvalue weighted by Gasteiger charge is 2.42. The van der Waals surface area contributed by atoms with Crippen molar-refractivity contribution in [2.75, 3.05) is 39.4 Å². The lowest BCUT2D eigenvalue weighted by Gasteiger charge is -2.41. The first-order valence-corrected chi connectivity index (χ1v) is 14.3. The number of amides is 2. The van der Waals surface area contributed by atoms with Gasteiger partial charge in [-0.15, -0.1) is 12.4 Å². The molecule has 0 bridgehead atoms. The molecule has 41 heavy (non-hydrogen) atoms. The molecule has 1 saturated carbocycles. The van der Waals surface area contributed by atoms with E-state index in [0.717, 1.165) is 24.8 Å². The Hall–Kier alpha value is -3.24. The fraction of sp³-hybridized carbons (Fsp3) is 0.452. The van der Waals surface area contributed by atoms with Crippen molar-refractivity contribution in [3.63, 3.8) is 0 Å². The zero-order valence-corrected chi connectivity index (χ0v) is 24.3. The van der Waals surface area contributed by atoms with Crippen LogP contribution in [0.25, 0.3) is 11.3 Å². The van der Waals surface area contributed by atoms with Crippen LogP contribution in [-0.4, -0.2) is 82.4 Å². The Bertz CT molecular complexity index is 1290. The van der Waals surface area contributed by atoms with E-state index >= 15 is 0 Å². The summed E-state index contributed by atoms with van der Waals surface area (Å²) in [6.07, 6.45) is 5.02. The molecule has 3 aromatic rings. The summed E-state index contributed by atoms with van der Waals surface area (Å²) in [6, 6.07) is 18.4. The molecule has 9 nitrogen and oxygen atoms in total. The van der Waals surface area contributed by atoms with E-state index in [1.165, 1.54) is 0 Å². The van der Waals surface area contributed by atoms with E-state index in [1.54, 1.807) is 18.5 Å². The number of piperazine rings is 1. The smallest absolute Gasteiger partial charge is 0.275 e. The molecular weight excluding hydrogens is 542 g/mol. The molecule has 0 spiro atoms. The number of hydrogen-bond donors (Lipinski definition) is 3. The molecule has 3 N–H and O–H groups in total. The van der Waals surface area contributed by atoms with E-state index in [4.69, 9.17) is 4.74 Å². The van der Waals surface area contributed by atoms with Crippen molar-refractivity contribution in [3.8, 4) is 11.3 Å². The van der Waals surface area contributed by atoms with E-state index in [-0.39, 0.29) is 42.9 Å². The number of nitrogens with one attached hydrogen (secondary N) is 2. The van der Waals surface area contributed by atoms with Gasteiger partial charge in [0.1, 0.15) is 5.60 Å². The number of rotatable bonds is 9. The van der Waals surface area contributed by atoms with Crippen LogP contribution in [0.5, 0.6) is 0 Å². The molecule has 0 radical (unpaired) electrons. The number of aliphatic hydroxyl groups is 1. The fourth-order valence-corrected chi connectivity index (χ4v) is 5.93. The van der Waals surface area contributed by atoms with Gasteiger partial charge >= 0.3 is 0 Å². The maximum atomic E-state index is 14.2. The van der Waals surface area contributed by atoms with Crippen molar-refractivity contribution in [1.82, 2.24) is 25.1 Å².